The Morgan fingerprint density at radius 2 is 2.06 bits per heavy atom. The van der Waals surface area contributed by atoms with E-state index >= 15 is 0 Å². The molecule has 0 bridgehead atoms. The molecule has 0 aromatic heterocycles. The SMILES string of the molecule is CCC1CCCC(OC(=O)c2ccc(F)cc2)C1. The molecule has 1 saturated carbocycles. The maximum absolute atomic E-state index is 12.8. The first-order valence-electron chi connectivity index (χ1n) is 6.65. The lowest BCUT2D eigenvalue weighted by molar-refractivity contribution is 0.0140. The van der Waals surface area contributed by atoms with Crippen LogP contribution in [-0.2, 0) is 4.74 Å². The molecule has 0 spiro atoms. The molecule has 1 aromatic rings. The average molecular weight is 250 g/mol. The van der Waals surface area contributed by atoms with Gasteiger partial charge in [-0.15, -0.1) is 0 Å². The lowest BCUT2D eigenvalue weighted by Gasteiger charge is -2.28. The molecule has 0 N–H and O–H groups in total. The van der Waals surface area contributed by atoms with Crippen LogP contribution in [-0.4, -0.2) is 12.1 Å². The summed E-state index contributed by atoms with van der Waals surface area (Å²) >= 11 is 0. The molecule has 0 heterocycles. The van der Waals surface area contributed by atoms with Crippen LogP contribution in [0.15, 0.2) is 24.3 Å². The highest BCUT2D eigenvalue weighted by molar-refractivity contribution is 5.89. The van der Waals surface area contributed by atoms with Crippen LogP contribution in [0.1, 0.15) is 49.4 Å². The topological polar surface area (TPSA) is 26.3 Å². The van der Waals surface area contributed by atoms with Crippen LogP contribution >= 0.6 is 0 Å². The summed E-state index contributed by atoms with van der Waals surface area (Å²) in [5.74, 6) is -0.00298. The van der Waals surface area contributed by atoms with Gasteiger partial charge in [0.25, 0.3) is 0 Å². The van der Waals surface area contributed by atoms with E-state index in [1.165, 1.54) is 30.7 Å². The van der Waals surface area contributed by atoms with Gasteiger partial charge in [0.15, 0.2) is 0 Å². The van der Waals surface area contributed by atoms with Gasteiger partial charge in [-0.05, 0) is 49.4 Å². The molecule has 2 nitrogen and oxygen atoms in total. The summed E-state index contributed by atoms with van der Waals surface area (Å²) in [6, 6.07) is 5.51. The molecular weight excluding hydrogens is 231 g/mol. The molecule has 0 aliphatic heterocycles. The number of carbonyl (C=O) groups is 1. The first-order valence-corrected chi connectivity index (χ1v) is 6.65. The minimum Gasteiger partial charge on any atom is -0.459 e. The second kappa shape index (κ2) is 5.98. The summed E-state index contributed by atoms with van der Waals surface area (Å²) in [6.07, 6.45) is 5.44. The molecule has 2 rings (SSSR count). The van der Waals surface area contributed by atoms with Crippen molar-refractivity contribution in [2.24, 2.45) is 5.92 Å². The number of hydrogen-bond donors (Lipinski definition) is 0. The number of hydrogen-bond acceptors (Lipinski definition) is 2. The zero-order valence-electron chi connectivity index (χ0n) is 10.7. The molecule has 1 aliphatic carbocycles. The smallest absolute Gasteiger partial charge is 0.338 e. The fourth-order valence-electron chi connectivity index (χ4n) is 2.52. The third kappa shape index (κ3) is 3.31. The molecule has 98 valence electrons. The van der Waals surface area contributed by atoms with Crippen molar-refractivity contribution < 1.29 is 13.9 Å². The van der Waals surface area contributed by atoms with Gasteiger partial charge in [-0.2, -0.15) is 0 Å². The van der Waals surface area contributed by atoms with Gasteiger partial charge in [0.1, 0.15) is 11.9 Å². The van der Waals surface area contributed by atoms with Crippen molar-refractivity contribution in [2.75, 3.05) is 0 Å². The van der Waals surface area contributed by atoms with E-state index in [1.54, 1.807) is 0 Å². The number of ether oxygens (including phenoxy) is 1. The van der Waals surface area contributed by atoms with Crippen LogP contribution in [0.5, 0.6) is 0 Å². The zero-order chi connectivity index (χ0) is 13.0. The zero-order valence-corrected chi connectivity index (χ0v) is 10.7. The molecule has 2 unspecified atom stereocenters. The van der Waals surface area contributed by atoms with Crippen molar-refractivity contribution in [3.8, 4) is 0 Å². The Balaban J connectivity index is 1.92. The van der Waals surface area contributed by atoms with Crippen LogP contribution in [0.25, 0.3) is 0 Å². The minimum absolute atomic E-state index is 0.0289. The van der Waals surface area contributed by atoms with Gasteiger partial charge in [0.2, 0.25) is 0 Å². The fourth-order valence-corrected chi connectivity index (χ4v) is 2.52. The molecule has 0 saturated heterocycles. The fraction of sp³-hybridized carbons (Fsp3) is 0.533. The third-order valence-corrected chi connectivity index (χ3v) is 3.67. The molecule has 1 aliphatic rings. The van der Waals surface area contributed by atoms with Crippen molar-refractivity contribution in [3.63, 3.8) is 0 Å². The number of esters is 1. The van der Waals surface area contributed by atoms with Crippen molar-refractivity contribution in [1.82, 2.24) is 0 Å². The van der Waals surface area contributed by atoms with Crippen LogP contribution in [0, 0.1) is 11.7 Å². The molecule has 1 fully saturated rings. The van der Waals surface area contributed by atoms with Gasteiger partial charge < -0.3 is 4.74 Å². The number of halogens is 1. The average Bonchev–Trinajstić information content (AvgIpc) is 2.39. The Hall–Kier alpha value is -1.38. The standard InChI is InChI=1S/C15H19FO2/c1-2-11-4-3-5-14(10-11)18-15(17)12-6-8-13(16)9-7-12/h6-9,11,14H,2-5,10H2,1H3. The summed E-state index contributed by atoms with van der Waals surface area (Å²) in [6.45, 7) is 2.18. The summed E-state index contributed by atoms with van der Waals surface area (Å²) in [5.41, 5.74) is 0.426. The lowest BCUT2D eigenvalue weighted by Crippen LogP contribution is -2.25. The van der Waals surface area contributed by atoms with E-state index in [-0.39, 0.29) is 17.9 Å². The van der Waals surface area contributed by atoms with E-state index in [0.29, 0.717) is 11.5 Å². The molecular formula is C15H19FO2. The Morgan fingerprint density at radius 1 is 1.33 bits per heavy atom. The van der Waals surface area contributed by atoms with E-state index < -0.39 is 0 Å². The first-order chi connectivity index (χ1) is 8.69. The van der Waals surface area contributed by atoms with Crippen molar-refractivity contribution >= 4 is 5.97 Å². The summed E-state index contributed by atoms with van der Waals surface area (Å²) in [7, 11) is 0. The summed E-state index contributed by atoms with van der Waals surface area (Å²) in [5, 5.41) is 0. The molecule has 3 heteroatoms. The van der Waals surface area contributed by atoms with Gasteiger partial charge >= 0.3 is 5.97 Å². The Labute approximate surface area is 107 Å². The number of benzene rings is 1. The van der Waals surface area contributed by atoms with Crippen molar-refractivity contribution in [3.05, 3.63) is 35.6 Å². The van der Waals surface area contributed by atoms with Crippen molar-refractivity contribution in [2.45, 2.75) is 45.1 Å². The maximum atomic E-state index is 12.8. The summed E-state index contributed by atoms with van der Waals surface area (Å²) < 4.78 is 18.2. The van der Waals surface area contributed by atoms with E-state index in [1.807, 2.05) is 0 Å². The third-order valence-electron chi connectivity index (χ3n) is 3.67. The number of carbonyl (C=O) groups excluding carboxylic acids is 1. The Kier molecular flexibility index (Phi) is 4.34. The van der Waals surface area contributed by atoms with E-state index in [9.17, 15) is 9.18 Å². The highest BCUT2D eigenvalue weighted by Gasteiger charge is 2.24. The molecule has 18 heavy (non-hydrogen) atoms. The van der Waals surface area contributed by atoms with E-state index in [2.05, 4.69) is 6.92 Å². The van der Waals surface area contributed by atoms with Gasteiger partial charge in [-0.3, -0.25) is 0 Å². The highest BCUT2D eigenvalue weighted by atomic mass is 19.1. The van der Waals surface area contributed by atoms with Gasteiger partial charge in [0, 0.05) is 0 Å². The monoisotopic (exact) mass is 250 g/mol. The second-order valence-electron chi connectivity index (χ2n) is 4.98. The van der Waals surface area contributed by atoms with E-state index in [0.717, 1.165) is 25.7 Å². The van der Waals surface area contributed by atoms with Crippen molar-refractivity contribution in [1.29, 1.82) is 0 Å². The normalized spacial score (nSPS) is 23.7. The minimum atomic E-state index is -0.338. The van der Waals surface area contributed by atoms with Crippen LogP contribution in [0.4, 0.5) is 4.39 Å². The quantitative estimate of drug-likeness (QED) is 0.759. The largest absolute Gasteiger partial charge is 0.459 e. The second-order valence-corrected chi connectivity index (χ2v) is 4.98. The highest BCUT2D eigenvalue weighted by Crippen LogP contribution is 2.28. The predicted octanol–water partition coefficient (Wildman–Crippen LogP) is 3.95. The Morgan fingerprint density at radius 3 is 2.72 bits per heavy atom. The molecule has 1 aromatic carbocycles. The van der Waals surface area contributed by atoms with Gasteiger partial charge in [-0.25, -0.2) is 9.18 Å². The van der Waals surface area contributed by atoms with Gasteiger partial charge in [-0.1, -0.05) is 19.8 Å². The Bertz CT molecular complexity index is 399. The number of rotatable bonds is 3. The van der Waals surface area contributed by atoms with Crippen LogP contribution in [0.3, 0.4) is 0 Å². The van der Waals surface area contributed by atoms with Crippen LogP contribution < -0.4 is 0 Å². The maximum Gasteiger partial charge on any atom is 0.338 e. The molecule has 2 atom stereocenters. The predicted molar refractivity (Wildman–Crippen MR) is 67.9 cm³/mol. The van der Waals surface area contributed by atoms with E-state index in [4.69, 9.17) is 4.74 Å². The summed E-state index contributed by atoms with van der Waals surface area (Å²) in [4.78, 5) is 11.9. The lowest BCUT2D eigenvalue weighted by atomic mass is 9.85. The van der Waals surface area contributed by atoms with Gasteiger partial charge in [0.05, 0.1) is 5.56 Å². The first kappa shape index (κ1) is 13.1. The molecule has 0 amide bonds. The molecule has 0 radical (unpaired) electrons. The van der Waals surface area contributed by atoms with Crippen LogP contribution in [0.2, 0.25) is 0 Å².